The van der Waals surface area contributed by atoms with Gasteiger partial charge in [-0.05, 0) is 6.92 Å². The Morgan fingerprint density at radius 1 is 1.30 bits per heavy atom. The molecule has 1 saturated heterocycles. The van der Waals surface area contributed by atoms with Crippen molar-refractivity contribution >= 4 is 23.5 Å². The molecule has 1 aromatic rings. The summed E-state index contributed by atoms with van der Waals surface area (Å²) in [5, 5.41) is 3.26. The van der Waals surface area contributed by atoms with Crippen LogP contribution in [0, 0.1) is 0 Å². The maximum atomic E-state index is 12.1. The van der Waals surface area contributed by atoms with Crippen molar-refractivity contribution in [1.82, 2.24) is 10.2 Å². The number of thioether (sulfide) groups is 1. The van der Waals surface area contributed by atoms with Gasteiger partial charge in [-0.3, -0.25) is 9.59 Å². The molecule has 1 heterocycles. The number of benzene rings is 1. The van der Waals surface area contributed by atoms with Gasteiger partial charge in [-0.15, -0.1) is 11.8 Å². The summed E-state index contributed by atoms with van der Waals surface area (Å²) in [6.07, 6.45) is 0. The van der Waals surface area contributed by atoms with E-state index in [4.69, 9.17) is 0 Å². The molecule has 108 valence electrons. The van der Waals surface area contributed by atoms with Crippen molar-refractivity contribution in [2.75, 3.05) is 31.1 Å². The molecule has 1 fully saturated rings. The molecule has 2 rings (SSSR count). The number of piperazine rings is 1. The zero-order chi connectivity index (χ0) is 14.4. The van der Waals surface area contributed by atoms with Crippen LogP contribution in [0.2, 0.25) is 0 Å². The summed E-state index contributed by atoms with van der Waals surface area (Å²) < 4.78 is 0. The minimum atomic E-state index is 0.0803. The van der Waals surface area contributed by atoms with Crippen molar-refractivity contribution in [2.24, 2.45) is 0 Å². The molecular formula is C15H20N2O2S. The summed E-state index contributed by atoms with van der Waals surface area (Å²) in [6, 6.07) is 9.45. The van der Waals surface area contributed by atoms with Crippen LogP contribution in [-0.2, 0) is 4.79 Å². The number of hydrogen-bond acceptors (Lipinski definition) is 4. The molecule has 1 amide bonds. The van der Waals surface area contributed by atoms with Crippen LogP contribution in [-0.4, -0.2) is 53.8 Å². The zero-order valence-corrected chi connectivity index (χ0v) is 12.5. The summed E-state index contributed by atoms with van der Waals surface area (Å²) in [5.41, 5.74) is 0.711. The van der Waals surface area contributed by atoms with Crippen LogP contribution in [0.15, 0.2) is 30.3 Å². The van der Waals surface area contributed by atoms with E-state index in [0.717, 1.165) is 19.6 Å². The number of Topliss-reactive ketones (excluding diaryl/α,β-unsaturated/α-hetero) is 1. The monoisotopic (exact) mass is 292 g/mol. The van der Waals surface area contributed by atoms with E-state index in [1.54, 1.807) is 0 Å². The van der Waals surface area contributed by atoms with Gasteiger partial charge in [-0.1, -0.05) is 30.3 Å². The fourth-order valence-electron chi connectivity index (χ4n) is 2.23. The van der Waals surface area contributed by atoms with E-state index in [2.05, 4.69) is 5.32 Å². The lowest BCUT2D eigenvalue weighted by Crippen LogP contribution is -2.52. The molecule has 1 atom stereocenters. The minimum Gasteiger partial charge on any atom is -0.337 e. The summed E-state index contributed by atoms with van der Waals surface area (Å²) in [4.78, 5) is 25.9. The van der Waals surface area contributed by atoms with Crippen molar-refractivity contribution in [3.8, 4) is 0 Å². The third-order valence-corrected chi connectivity index (χ3v) is 4.29. The molecule has 0 radical (unpaired) electrons. The van der Waals surface area contributed by atoms with Gasteiger partial charge in [-0.25, -0.2) is 0 Å². The SMILES string of the molecule is C[C@H]1CNCCN1C(=O)CSCC(=O)c1ccccc1. The molecule has 0 unspecified atom stereocenters. The Kier molecular flexibility index (Phi) is 5.61. The molecule has 4 nitrogen and oxygen atoms in total. The van der Waals surface area contributed by atoms with Crippen LogP contribution < -0.4 is 5.32 Å². The molecular weight excluding hydrogens is 272 g/mol. The molecule has 0 aromatic heterocycles. The van der Waals surface area contributed by atoms with Gasteiger partial charge in [-0.2, -0.15) is 0 Å². The van der Waals surface area contributed by atoms with Gasteiger partial charge in [0.2, 0.25) is 5.91 Å². The van der Waals surface area contributed by atoms with Crippen molar-refractivity contribution in [3.05, 3.63) is 35.9 Å². The van der Waals surface area contributed by atoms with Crippen LogP contribution in [0.25, 0.3) is 0 Å². The van der Waals surface area contributed by atoms with Gasteiger partial charge in [0.05, 0.1) is 11.5 Å². The molecule has 0 spiro atoms. The van der Waals surface area contributed by atoms with Crippen molar-refractivity contribution in [3.63, 3.8) is 0 Å². The Balaban J connectivity index is 1.75. The van der Waals surface area contributed by atoms with E-state index in [-0.39, 0.29) is 17.7 Å². The molecule has 1 N–H and O–H groups in total. The van der Waals surface area contributed by atoms with E-state index >= 15 is 0 Å². The first-order valence-corrected chi connectivity index (χ1v) is 8.00. The quantitative estimate of drug-likeness (QED) is 0.834. The number of nitrogens with one attached hydrogen (secondary N) is 1. The second-order valence-electron chi connectivity index (χ2n) is 4.92. The molecule has 0 saturated carbocycles. The van der Waals surface area contributed by atoms with Crippen LogP contribution >= 0.6 is 11.8 Å². The standard InChI is InChI=1S/C15H20N2O2S/c1-12-9-16-7-8-17(12)15(19)11-20-10-14(18)13-5-3-2-4-6-13/h2-6,12,16H,7-11H2,1H3/t12-/m0/s1. The van der Waals surface area contributed by atoms with Gasteiger partial charge in [0.25, 0.3) is 0 Å². The fraction of sp³-hybridized carbons (Fsp3) is 0.467. The van der Waals surface area contributed by atoms with E-state index in [1.807, 2.05) is 42.2 Å². The highest BCUT2D eigenvalue weighted by atomic mass is 32.2. The highest BCUT2D eigenvalue weighted by molar-refractivity contribution is 8.00. The lowest BCUT2D eigenvalue weighted by molar-refractivity contribution is -0.131. The van der Waals surface area contributed by atoms with Crippen LogP contribution in [0.5, 0.6) is 0 Å². The number of rotatable bonds is 5. The van der Waals surface area contributed by atoms with Gasteiger partial charge < -0.3 is 10.2 Å². The van der Waals surface area contributed by atoms with E-state index in [9.17, 15) is 9.59 Å². The number of amides is 1. The maximum absolute atomic E-state index is 12.1. The molecule has 0 bridgehead atoms. The largest absolute Gasteiger partial charge is 0.337 e. The molecule has 0 aliphatic carbocycles. The van der Waals surface area contributed by atoms with E-state index in [0.29, 0.717) is 17.1 Å². The summed E-state index contributed by atoms with van der Waals surface area (Å²) in [5.74, 6) is 0.945. The van der Waals surface area contributed by atoms with Crippen molar-refractivity contribution in [1.29, 1.82) is 0 Å². The summed E-state index contributed by atoms with van der Waals surface area (Å²) >= 11 is 1.40. The fourth-order valence-corrected chi connectivity index (χ4v) is 3.03. The smallest absolute Gasteiger partial charge is 0.232 e. The Morgan fingerprint density at radius 3 is 2.75 bits per heavy atom. The summed E-state index contributed by atoms with van der Waals surface area (Å²) in [6.45, 7) is 4.50. The van der Waals surface area contributed by atoms with Gasteiger partial charge in [0.1, 0.15) is 0 Å². The Labute approximate surface area is 123 Å². The first kappa shape index (κ1) is 15.1. The number of hydrogen-bond donors (Lipinski definition) is 1. The maximum Gasteiger partial charge on any atom is 0.232 e. The van der Waals surface area contributed by atoms with E-state index < -0.39 is 0 Å². The number of carbonyl (C=O) groups is 2. The van der Waals surface area contributed by atoms with Gasteiger partial charge >= 0.3 is 0 Å². The predicted molar refractivity (Wildman–Crippen MR) is 82.1 cm³/mol. The lowest BCUT2D eigenvalue weighted by Gasteiger charge is -2.33. The van der Waals surface area contributed by atoms with Gasteiger partial charge in [0.15, 0.2) is 5.78 Å². The van der Waals surface area contributed by atoms with Crippen LogP contribution in [0.1, 0.15) is 17.3 Å². The zero-order valence-electron chi connectivity index (χ0n) is 11.7. The first-order chi connectivity index (χ1) is 9.68. The number of nitrogens with zero attached hydrogens (tertiary/aromatic N) is 1. The van der Waals surface area contributed by atoms with Gasteiger partial charge in [0, 0.05) is 31.2 Å². The Bertz CT molecular complexity index is 464. The number of ketones is 1. The molecule has 1 aliphatic rings. The van der Waals surface area contributed by atoms with Crippen LogP contribution in [0.4, 0.5) is 0 Å². The summed E-state index contributed by atoms with van der Waals surface area (Å²) in [7, 11) is 0. The second-order valence-corrected chi connectivity index (χ2v) is 5.91. The first-order valence-electron chi connectivity index (χ1n) is 6.84. The van der Waals surface area contributed by atoms with Crippen molar-refractivity contribution < 1.29 is 9.59 Å². The molecule has 20 heavy (non-hydrogen) atoms. The highest BCUT2D eigenvalue weighted by Gasteiger charge is 2.22. The number of carbonyl (C=O) groups excluding carboxylic acids is 2. The molecule has 1 aliphatic heterocycles. The predicted octanol–water partition coefficient (Wildman–Crippen LogP) is 1.42. The normalized spacial score (nSPS) is 18.9. The lowest BCUT2D eigenvalue weighted by atomic mass is 10.2. The third kappa shape index (κ3) is 4.08. The molecule has 5 heteroatoms. The average Bonchev–Trinajstić information content (AvgIpc) is 2.48. The topological polar surface area (TPSA) is 49.4 Å². The van der Waals surface area contributed by atoms with Crippen molar-refractivity contribution in [2.45, 2.75) is 13.0 Å². The third-order valence-electron chi connectivity index (χ3n) is 3.38. The Hall–Kier alpha value is -1.33. The Morgan fingerprint density at radius 2 is 2.05 bits per heavy atom. The van der Waals surface area contributed by atoms with E-state index in [1.165, 1.54) is 11.8 Å². The second kappa shape index (κ2) is 7.45. The average molecular weight is 292 g/mol. The highest BCUT2D eigenvalue weighted by Crippen LogP contribution is 2.10. The van der Waals surface area contributed by atoms with Crippen LogP contribution in [0.3, 0.4) is 0 Å². The molecule has 1 aromatic carbocycles. The minimum absolute atomic E-state index is 0.0803.